The number of methoxy groups -OCH3 is 1. The van der Waals surface area contributed by atoms with Crippen molar-refractivity contribution >= 4 is 33.5 Å². The summed E-state index contributed by atoms with van der Waals surface area (Å²) in [6.07, 6.45) is 0. The van der Waals surface area contributed by atoms with Gasteiger partial charge in [0, 0.05) is 15.6 Å². The van der Waals surface area contributed by atoms with Gasteiger partial charge in [-0.05, 0) is 42.5 Å². The average molecular weight is 405 g/mol. The molecule has 1 aromatic heterocycles. The maximum absolute atomic E-state index is 12.2. The number of hydrogen-bond acceptors (Lipinski definition) is 6. The van der Waals surface area contributed by atoms with Gasteiger partial charge >= 0.3 is 0 Å². The monoisotopic (exact) mass is 404 g/mol. The van der Waals surface area contributed by atoms with E-state index in [1.54, 1.807) is 31.4 Å². The number of benzene rings is 2. The molecule has 0 bridgehead atoms. The molecule has 7 heteroatoms. The molecule has 0 radical (unpaired) electrons. The lowest BCUT2D eigenvalue weighted by atomic mass is 10.1. The van der Waals surface area contributed by atoms with Crippen LogP contribution in [0.15, 0.2) is 62.6 Å². The molecule has 0 saturated carbocycles. The van der Waals surface area contributed by atoms with Crippen molar-refractivity contribution in [3.63, 3.8) is 0 Å². The smallest absolute Gasteiger partial charge is 0.277 e. The van der Waals surface area contributed by atoms with E-state index in [2.05, 4.69) is 26.1 Å². The minimum absolute atomic E-state index is 0.00939. The number of carbonyl (C=O) groups excluding carboxylic acids is 1. The van der Waals surface area contributed by atoms with Crippen LogP contribution in [0.3, 0.4) is 0 Å². The third-order valence-corrected chi connectivity index (χ3v) is 4.53. The Morgan fingerprint density at radius 2 is 2.00 bits per heavy atom. The Labute approximate surface area is 151 Å². The Hall–Kier alpha value is -2.12. The number of halogens is 1. The van der Waals surface area contributed by atoms with Crippen molar-refractivity contribution in [2.45, 2.75) is 5.22 Å². The van der Waals surface area contributed by atoms with Crippen molar-refractivity contribution in [2.24, 2.45) is 0 Å². The molecule has 0 aliphatic carbocycles. The minimum atomic E-state index is -0.00939. The highest BCUT2D eigenvalue weighted by Gasteiger charge is 2.12. The van der Waals surface area contributed by atoms with Crippen molar-refractivity contribution in [1.29, 1.82) is 0 Å². The molecular formula is C17H13BrN2O3S. The van der Waals surface area contributed by atoms with Crippen molar-refractivity contribution in [3.05, 3.63) is 58.6 Å². The van der Waals surface area contributed by atoms with Crippen LogP contribution in [0.1, 0.15) is 10.4 Å². The van der Waals surface area contributed by atoms with Crippen LogP contribution in [0.2, 0.25) is 0 Å². The van der Waals surface area contributed by atoms with Crippen molar-refractivity contribution in [1.82, 2.24) is 10.2 Å². The molecule has 0 atom stereocenters. The molecule has 0 aliphatic rings. The highest BCUT2D eigenvalue weighted by Crippen LogP contribution is 2.25. The summed E-state index contributed by atoms with van der Waals surface area (Å²) in [5, 5.41) is 8.36. The molecule has 24 heavy (non-hydrogen) atoms. The zero-order valence-electron chi connectivity index (χ0n) is 12.7. The van der Waals surface area contributed by atoms with Gasteiger partial charge in [-0.15, -0.1) is 10.2 Å². The van der Waals surface area contributed by atoms with E-state index >= 15 is 0 Å². The van der Waals surface area contributed by atoms with Gasteiger partial charge in [0.15, 0.2) is 5.78 Å². The number of hydrogen-bond donors (Lipinski definition) is 0. The van der Waals surface area contributed by atoms with E-state index in [9.17, 15) is 4.79 Å². The van der Waals surface area contributed by atoms with Crippen LogP contribution in [-0.2, 0) is 0 Å². The van der Waals surface area contributed by atoms with E-state index in [4.69, 9.17) is 9.15 Å². The van der Waals surface area contributed by atoms with Crippen LogP contribution in [0, 0.1) is 0 Å². The van der Waals surface area contributed by atoms with E-state index < -0.39 is 0 Å². The lowest BCUT2D eigenvalue weighted by Crippen LogP contribution is -2.02. The Morgan fingerprint density at radius 1 is 1.21 bits per heavy atom. The average Bonchev–Trinajstić information content (AvgIpc) is 3.09. The summed E-state index contributed by atoms with van der Waals surface area (Å²) in [6, 6.07) is 14.6. The van der Waals surface area contributed by atoms with Crippen LogP contribution in [0.25, 0.3) is 11.5 Å². The largest absolute Gasteiger partial charge is 0.497 e. The summed E-state index contributed by atoms with van der Waals surface area (Å²) in [5.41, 5.74) is 1.44. The molecule has 0 spiro atoms. The number of Topliss-reactive ketones (excluding diaryl/α,β-unsaturated/α-hetero) is 1. The number of ketones is 1. The molecule has 3 rings (SSSR count). The van der Waals surface area contributed by atoms with Crippen molar-refractivity contribution in [3.8, 4) is 17.2 Å². The summed E-state index contributed by atoms with van der Waals surface area (Å²) in [5.74, 6) is 1.36. The third-order valence-electron chi connectivity index (χ3n) is 3.22. The first-order chi connectivity index (χ1) is 11.7. The van der Waals surface area contributed by atoms with Gasteiger partial charge in [-0.3, -0.25) is 4.79 Å². The van der Waals surface area contributed by atoms with Crippen LogP contribution in [-0.4, -0.2) is 28.8 Å². The Bertz CT molecular complexity index is 849. The molecule has 1 heterocycles. The first kappa shape index (κ1) is 16.7. The van der Waals surface area contributed by atoms with E-state index in [1.165, 1.54) is 11.8 Å². The Kier molecular flexibility index (Phi) is 5.32. The zero-order chi connectivity index (χ0) is 16.9. The molecule has 0 saturated heterocycles. The number of nitrogens with zero attached hydrogens (tertiary/aromatic N) is 2. The standard InChI is InChI=1S/C17H13BrN2O3S/c1-22-14-7-5-11(6-8-14)15(21)10-24-17-20-19-16(23-17)12-3-2-4-13(18)9-12/h2-9H,10H2,1H3. The fourth-order valence-electron chi connectivity index (χ4n) is 1.99. The minimum Gasteiger partial charge on any atom is -0.497 e. The maximum Gasteiger partial charge on any atom is 0.277 e. The third kappa shape index (κ3) is 4.04. The van der Waals surface area contributed by atoms with Gasteiger partial charge < -0.3 is 9.15 Å². The molecule has 0 unspecified atom stereocenters. The van der Waals surface area contributed by atoms with Gasteiger partial charge in [0.05, 0.1) is 12.9 Å². The van der Waals surface area contributed by atoms with E-state index in [0.29, 0.717) is 16.7 Å². The number of carbonyl (C=O) groups is 1. The number of rotatable bonds is 6. The van der Waals surface area contributed by atoms with Gasteiger partial charge in [0.25, 0.3) is 5.22 Å². The van der Waals surface area contributed by atoms with Crippen molar-refractivity contribution in [2.75, 3.05) is 12.9 Å². The summed E-state index contributed by atoms with van der Waals surface area (Å²) < 4.78 is 11.6. The van der Waals surface area contributed by atoms with Gasteiger partial charge in [-0.2, -0.15) is 0 Å². The van der Waals surface area contributed by atoms with Crippen LogP contribution >= 0.6 is 27.7 Å². The fourth-order valence-corrected chi connectivity index (χ4v) is 3.05. The quantitative estimate of drug-likeness (QED) is 0.445. The van der Waals surface area contributed by atoms with E-state index in [-0.39, 0.29) is 11.5 Å². The first-order valence-electron chi connectivity index (χ1n) is 7.05. The molecule has 5 nitrogen and oxygen atoms in total. The van der Waals surface area contributed by atoms with E-state index in [0.717, 1.165) is 15.8 Å². The molecule has 2 aromatic carbocycles. The SMILES string of the molecule is COc1ccc(C(=O)CSc2nnc(-c3cccc(Br)c3)o2)cc1. The second-order valence-electron chi connectivity index (χ2n) is 4.82. The van der Waals surface area contributed by atoms with Crippen LogP contribution in [0.5, 0.6) is 5.75 Å². The summed E-state index contributed by atoms with van der Waals surface area (Å²) in [4.78, 5) is 12.2. The van der Waals surface area contributed by atoms with Crippen LogP contribution in [0.4, 0.5) is 0 Å². The van der Waals surface area contributed by atoms with Crippen LogP contribution < -0.4 is 4.74 Å². The summed E-state index contributed by atoms with van der Waals surface area (Å²) in [6.45, 7) is 0. The highest BCUT2D eigenvalue weighted by molar-refractivity contribution is 9.10. The predicted molar refractivity (Wildman–Crippen MR) is 95.5 cm³/mol. The first-order valence-corrected chi connectivity index (χ1v) is 8.83. The molecule has 0 N–H and O–H groups in total. The lowest BCUT2D eigenvalue weighted by Gasteiger charge is -2.01. The molecule has 0 fully saturated rings. The predicted octanol–water partition coefficient (Wildman–Crippen LogP) is 4.48. The summed E-state index contributed by atoms with van der Waals surface area (Å²) in [7, 11) is 1.59. The van der Waals surface area contributed by atoms with Gasteiger partial charge in [-0.1, -0.05) is 33.8 Å². The highest BCUT2D eigenvalue weighted by atomic mass is 79.9. The van der Waals surface area contributed by atoms with Gasteiger partial charge in [0.2, 0.25) is 5.89 Å². The lowest BCUT2D eigenvalue weighted by molar-refractivity contribution is 0.102. The molecule has 122 valence electrons. The zero-order valence-corrected chi connectivity index (χ0v) is 15.1. The normalized spacial score (nSPS) is 10.6. The Balaban J connectivity index is 1.63. The fraction of sp³-hybridized carbons (Fsp3) is 0.118. The topological polar surface area (TPSA) is 65.2 Å². The molecule has 0 aliphatic heterocycles. The van der Waals surface area contributed by atoms with E-state index in [1.807, 2.05) is 24.3 Å². The molecule has 3 aromatic rings. The molecule has 0 amide bonds. The van der Waals surface area contributed by atoms with Gasteiger partial charge in [-0.25, -0.2) is 0 Å². The maximum atomic E-state index is 12.2. The number of thioether (sulfide) groups is 1. The second-order valence-corrected chi connectivity index (χ2v) is 6.67. The van der Waals surface area contributed by atoms with Crippen molar-refractivity contribution < 1.29 is 13.9 Å². The molecular weight excluding hydrogens is 392 g/mol. The second kappa shape index (κ2) is 7.63. The van der Waals surface area contributed by atoms with Gasteiger partial charge in [0.1, 0.15) is 5.75 Å². The summed E-state index contributed by atoms with van der Waals surface area (Å²) >= 11 is 4.62. The number of ether oxygens (including phenoxy) is 1. The Morgan fingerprint density at radius 3 is 2.71 bits per heavy atom. The number of aromatic nitrogens is 2.